The molecule has 4 heteroatoms. The van der Waals surface area contributed by atoms with Gasteiger partial charge in [0.2, 0.25) is 0 Å². The number of piperidine rings is 1. The van der Waals surface area contributed by atoms with Gasteiger partial charge in [-0.15, -0.1) is 11.3 Å². The molecule has 1 N–H and O–H groups in total. The van der Waals surface area contributed by atoms with E-state index < -0.39 is 0 Å². The standard InChI is InChI=1S/C15H21NO2S/c1-15(18-2)6-4-7-16(12-15)10-14-9-13(11-19-14)5-3-8-17/h9,11,17H,4,6-8,10,12H2,1-2H3. The van der Waals surface area contributed by atoms with Gasteiger partial charge in [0.05, 0.1) is 5.60 Å². The number of hydrogen-bond donors (Lipinski definition) is 1. The van der Waals surface area contributed by atoms with Gasteiger partial charge in [0.1, 0.15) is 6.61 Å². The van der Waals surface area contributed by atoms with E-state index in [2.05, 4.69) is 35.1 Å². The van der Waals surface area contributed by atoms with E-state index in [1.165, 1.54) is 11.3 Å². The summed E-state index contributed by atoms with van der Waals surface area (Å²) in [7, 11) is 1.80. The SMILES string of the molecule is COC1(C)CCCN(Cc2cc(C#CCO)cs2)C1. The summed E-state index contributed by atoms with van der Waals surface area (Å²) in [5.41, 5.74) is 0.996. The average Bonchev–Trinajstić information content (AvgIpc) is 2.84. The van der Waals surface area contributed by atoms with E-state index in [-0.39, 0.29) is 12.2 Å². The maximum Gasteiger partial charge on any atom is 0.104 e. The second-order valence-corrected chi connectivity index (χ2v) is 6.23. The Labute approximate surface area is 119 Å². The van der Waals surface area contributed by atoms with Crippen LogP contribution in [0.5, 0.6) is 0 Å². The van der Waals surface area contributed by atoms with E-state index in [0.717, 1.165) is 31.6 Å². The van der Waals surface area contributed by atoms with Crippen LogP contribution in [-0.4, -0.2) is 42.4 Å². The molecule has 1 aromatic rings. The number of methoxy groups -OCH3 is 1. The van der Waals surface area contributed by atoms with Crippen molar-refractivity contribution in [3.8, 4) is 11.8 Å². The second kappa shape index (κ2) is 6.53. The average molecular weight is 279 g/mol. The molecule has 2 rings (SSSR count). The molecule has 0 spiro atoms. The maximum absolute atomic E-state index is 8.69. The minimum Gasteiger partial charge on any atom is -0.384 e. The first-order chi connectivity index (χ1) is 9.15. The molecule has 3 nitrogen and oxygen atoms in total. The number of rotatable bonds is 3. The van der Waals surface area contributed by atoms with E-state index in [0.29, 0.717) is 0 Å². The Hall–Kier alpha value is -0.860. The lowest BCUT2D eigenvalue weighted by molar-refractivity contribution is -0.0524. The molecule has 1 fully saturated rings. The normalized spacial score (nSPS) is 23.9. The Balaban J connectivity index is 1.95. The van der Waals surface area contributed by atoms with Gasteiger partial charge in [-0.3, -0.25) is 4.90 Å². The summed E-state index contributed by atoms with van der Waals surface area (Å²) in [6.45, 7) is 5.19. The summed E-state index contributed by atoms with van der Waals surface area (Å²) in [4.78, 5) is 3.77. The smallest absolute Gasteiger partial charge is 0.104 e. The van der Waals surface area contributed by atoms with Gasteiger partial charge in [-0.2, -0.15) is 0 Å². The number of aliphatic hydroxyl groups is 1. The van der Waals surface area contributed by atoms with Crippen molar-refractivity contribution < 1.29 is 9.84 Å². The topological polar surface area (TPSA) is 32.7 Å². The molecule has 1 aliphatic rings. The minimum absolute atomic E-state index is 0.00493. The number of hydrogen-bond acceptors (Lipinski definition) is 4. The van der Waals surface area contributed by atoms with E-state index in [9.17, 15) is 0 Å². The zero-order valence-electron chi connectivity index (χ0n) is 11.6. The molecule has 1 aliphatic heterocycles. The number of ether oxygens (including phenoxy) is 1. The summed E-state index contributed by atoms with van der Waals surface area (Å²) in [6, 6.07) is 2.12. The third-order valence-corrected chi connectivity index (χ3v) is 4.50. The molecule has 0 bridgehead atoms. The molecule has 0 radical (unpaired) electrons. The fraction of sp³-hybridized carbons (Fsp3) is 0.600. The Kier molecular flexibility index (Phi) is 5.00. The third kappa shape index (κ3) is 4.05. The van der Waals surface area contributed by atoms with Crippen molar-refractivity contribution in [3.05, 3.63) is 21.9 Å². The van der Waals surface area contributed by atoms with Crippen molar-refractivity contribution in [2.75, 3.05) is 26.8 Å². The van der Waals surface area contributed by atoms with Gasteiger partial charge in [-0.05, 0) is 32.4 Å². The number of aliphatic hydroxyl groups excluding tert-OH is 1. The predicted molar refractivity (Wildman–Crippen MR) is 78.2 cm³/mol. The molecule has 0 amide bonds. The van der Waals surface area contributed by atoms with Crippen LogP contribution in [0.4, 0.5) is 0 Å². The number of thiophene rings is 1. The molecule has 0 aromatic carbocycles. The van der Waals surface area contributed by atoms with Crippen molar-refractivity contribution in [1.29, 1.82) is 0 Å². The van der Waals surface area contributed by atoms with Crippen molar-refractivity contribution >= 4 is 11.3 Å². The van der Waals surface area contributed by atoms with Gasteiger partial charge in [-0.25, -0.2) is 0 Å². The zero-order chi connectivity index (χ0) is 13.7. The van der Waals surface area contributed by atoms with Crippen LogP contribution in [0.2, 0.25) is 0 Å². The Morgan fingerprint density at radius 2 is 2.42 bits per heavy atom. The fourth-order valence-corrected chi connectivity index (χ4v) is 3.36. The largest absolute Gasteiger partial charge is 0.384 e. The Bertz CT molecular complexity index is 474. The summed E-state index contributed by atoms with van der Waals surface area (Å²) in [5.74, 6) is 5.63. The van der Waals surface area contributed by atoms with Gasteiger partial charge in [0, 0.05) is 36.0 Å². The summed E-state index contributed by atoms with van der Waals surface area (Å²) in [6.07, 6.45) is 2.32. The first-order valence-electron chi connectivity index (χ1n) is 6.60. The van der Waals surface area contributed by atoms with Crippen LogP contribution in [0.25, 0.3) is 0 Å². The second-order valence-electron chi connectivity index (χ2n) is 5.23. The molecule has 1 saturated heterocycles. The Morgan fingerprint density at radius 3 is 3.16 bits per heavy atom. The van der Waals surface area contributed by atoms with Gasteiger partial charge in [0.15, 0.2) is 0 Å². The molecule has 0 saturated carbocycles. The van der Waals surface area contributed by atoms with Gasteiger partial charge >= 0.3 is 0 Å². The van der Waals surface area contributed by atoms with Gasteiger partial charge in [-0.1, -0.05) is 11.8 Å². The lowest BCUT2D eigenvalue weighted by Crippen LogP contribution is -2.46. The lowest BCUT2D eigenvalue weighted by Gasteiger charge is -2.39. The first-order valence-corrected chi connectivity index (χ1v) is 7.48. The van der Waals surface area contributed by atoms with Crippen LogP contribution in [0.1, 0.15) is 30.2 Å². The summed E-state index contributed by atoms with van der Waals surface area (Å²) < 4.78 is 5.62. The highest BCUT2D eigenvalue weighted by molar-refractivity contribution is 7.10. The van der Waals surface area contributed by atoms with Crippen LogP contribution < -0.4 is 0 Å². The molecule has 104 valence electrons. The highest BCUT2D eigenvalue weighted by Crippen LogP contribution is 2.26. The monoisotopic (exact) mass is 279 g/mol. The molecule has 2 heterocycles. The summed E-state index contributed by atoms with van der Waals surface area (Å²) >= 11 is 1.73. The molecule has 0 aliphatic carbocycles. The zero-order valence-corrected chi connectivity index (χ0v) is 12.4. The molecule has 1 aromatic heterocycles. The molecule has 1 atom stereocenters. The fourth-order valence-electron chi connectivity index (χ4n) is 2.50. The lowest BCUT2D eigenvalue weighted by atomic mass is 9.95. The van der Waals surface area contributed by atoms with E-state index in [1.807, 2.05) is 0 Å². The minimum atomic E-state index is -0.0799. The first kappa shape index (κ1) is 14.5. The number of nitrogens with zero attached hydrogens (tertiary/aromatic N) is 1. The van der Waals surface area contributed by atoms with Crippen LogP contribution in [-0.2, 0) is 11.3 Å². The number of likely N-dealkylation sites (tertiary alicyclic amines) is 1. The maximum atomic E-state index is 8.69. The quantitative estimate of drug-likeness (QED) is 0.860. The molecular weight excluding hydrogens is 258 g/mol. The van der Waals surface area contributed by atoms with Crippen LogP contribution in [0.3, 0.4) is 0 Å². The van der Waals surface area contributed by atoms with Crippen LogP contribution in [0.15, 0.2) is 11.4 Å². The van der Waals surface area contributed by atoms with Crippen molar-refractivity contribution in [2.24, 2.45) is 0 Å². The van der Waals surface area contributed by atoms with E-state index in [1.54, 1.807) is 18.4 Å². The highest BCUT2D eigenvalue weighted by atomic mass is 32.1. The Morgan fingerprint density at radius 1 is 1.58 bits per heavy atom. The van der Waals surface area contributed by atoms with E-state index >= 15 is 0 Å². The van der Waals surface area contributed by atoms with Crippen LogP contribution in [0, 0.1) is 11.8 Å². The summed E-state index contributed by atoms with van der Waals surface area (Å²) in [5, 5.41) is 10.7. The predicted octanol–water partition coefficient (Wildman–Crippen LogP) is 2.09. The van der Waals surface area contributed by atoms with E-state index in [4.69, 9.17) is 9.84 Å². The van der Waals surface area contributed by atoms with Crippen LogP contribution >= 0.6 is 11.3 Å². The highest BCUT2D eigenvalue weighted by Gasteiger charge is 2.30. The van der Waals surface area contributed by atoms with Gasteiger partial charge in [0.25, 0.3) is 0 Å². The molecular formula is C15H21NO2S. The van der Waals surface area contributed by atoms with Crippen molar-refractivity contribution in [1.82, 2.24) is 4.90 Å². The van der Waals surface area contributed by atoms with Crippen molar-refractivity contribution in [3.63, 3.8) is 0 Å². The third-order valence-electron chi connectivity index (χ3n) is 3.58. The molecule has 19 heavy (non-hydrogen) atoms. The molecule has 1 unspecified atom stereocenters. The van der Waals surface area contributed by atoms with Crippen molar-refractivity contribution in [2.45, 2.75) is 31.9 Å². The van der Waals surface area contributed by atoms with Gasteiger partial charge < -0.3 is 9.84 Å².